The van der Waals surface area contributed by atoms with Gasteiger partial charge in [-0.25, -0.2) is 4.99 Å². The molecule has 0 fully saturated rings. The van der Waals surface area contributed by atoms with E-state index in [1.54, 1.807) is 7.11 Å². The number of rotatable bonds is 10. The van der Waals surface area contributed by atoms with Crippen molar-refractivity contribution in [2.45, 2.75) is 39.3 Å². The highest BCUT2D eigenvalue weighted by atomic mass is 127. The van der Waals surface area contributed by atoms with Gasteiger partial charge < -0.3 is 24.8 Å². The normalized spacial score (nSPS) is 11.7. The Morgan fingerprint density at radius 3 is 2.50 bits per heavy atom. The number of hydrogen-bond donors (Lipinski definition) is 2. The maximum absolute atomic E-state index is 5.50. The predicted octanol–water partition coefficient (Wildman–Crippen LogP) is 2.73. The second-order valence-corrected chi connectivity index (χ2v) is 7.74. The van der Waals surface area contributed by atoms with E-state index >= 15 is 0 Å². The first-order chi connectivity index (χ1) is 13.8. The molecular weight excluding hydrogens is 493 g/mol. The van der Waals surface area contributed by atoms with Crippen molar-refractivity contribution >= 4 is 35.6 Å². The number of nitrogens with one attached hydrogen (secondary N) is 2. The minimum absolute atomic E-state index is 0. The van der Waals surface area contributed by atoms with Gasteiger partial charge in [0.1, 0.15) is 12.4 Å². The molecule has 1 aromatic heterocycles. The van der Waals surface area contributed by atoms with Gasteiger partial charge in [0, 0.05) is 46.5 Å². The van der Waals surface area contributed by atoms with E-state index in [2.05, 4.69) is 62.0 Å². The summed E-state index contributed by atoms with van der Waals surface area (Å²) in [5.41, 5.74) is 0.941. The molecule has 0 radical (unpaired) electrons. The summed E-state index contributed by atoms with van der Waals surface area (Å²) in [5.74, 6) is 2.46. The molecule has 2 N–H and O–H groups in total. The summed E-state index contributed by atoms with van der Waals surface area (Å²) < 4.78 is 7.45. The van der Waals surface area contributed by atoms with Crippen LogP contribution in [0.15, 0.2) is 35.3 Å². The van der Waals surface area contributed by atoms with Crippen LogP contribution in [-0.2, 0) is 18.3 Å². The topological polar surface area (TPSA) is 79.6 Å². The standard InChI is InChI=1S/C21H35N7O.HI/c1-17-25-26-19(28(17)5)15-23-20(24-16-21(2,3)29-6)22-13-10-14-27(4)18-11-8-7-9-12-18;/h7-9,11-12H,10,13-16H2,1-6H3,(H2,22,23,24);1H. The first-order valence-corrected chi connectivity index (χ1v) is 10.0. The lowest BCUT2D eigenvalue weighted by Crippen LogP contribution is -2.45. The van der Waals surface area contributed by atoms with Crippen molar-refractivity contribution in [3.05, 3.63) is 42.0 Å². The van der Waals surface area contributed by atoms with Gasteiger partial charge in [-0.2, -0.15) is 0 Å². The summed E-state index contributed by atoms with van der Waals surface area (Å²) in [4.78, 5) is 6.93. The smallest absolute Gasteiger partial charge is 0.191 e. The molecule has 0 saturated heterocycles. The van der Waals surface area contributed by atoms with E-state index in [0.29, 0.717) is 13.1 Å². The molecule has 0 bridgehead atoms. The Morgan fingerprint density at radius 1 is 1.20 bits per heavy atom. The monoisotopic (exact) mass is 529 g/mol. The number of ether oxygens (including phenoxy) is 1. The minimum atomic E-state index is -0.280. The van der Waals surface area contributed by atoms with Crippen LogP contribution in [0.3, 0.4) is 0 Å². The van der Waals surface area contributed by atoms with Crippen molar-refractivity contribution in [3.63, 3.8) is 0 Å². The van der Waals surface area contributed by atoms with Crippen molar-refractivity contribution in [3.8, 4) is 0 Å². The van der Waals surface area contributed by atoms with Crippen LogP contribution >= 0.6 is 24.0 Å². The van der Waals surface area contributed by atoms with E-state index < -0.39 is 0 Å². The van der Waals surface area contributed by atoms with E-state index in [-0.39, 0.29) is 29.6 Å². The van der Waals surface area contributed by atoms with Crippen LogP contribution < -0.4 is 15.5 Å². The number of aromatic nitrogens is 3. The molecule has 0 atom stereocenters. The summed E-state index contributed by atoms with van der Waals surface area (Å²) in [6.07, 6.45) is 0.989. The first-order valence-electron chi connectivity index (χ1n) is 10.0. The van der Waals surface area contributed by atoms with Gasteiger partial charge in [0.2, 0.25) is 0 Å². The van der Waals surface area contributed by atoms with Crippen molar-refractivity contribution < 1.29 is 4.74 Å². The molecule has 0 aliphatic carbocycles. The van der Waals surface area contributed by atoms with E-state index in [0.717, 1.165) is 37.1 Å². The maximum atomic E-state index is 5.50. The van der Waals surface area contributed by atoms with Crippen LogP contribution in [0.1, 0.15) is 31.9 Å². The van der Waals surface area contributed by atoms with E-state index in [1.807, 2.05) is 38.5 Å². The van der Waals surface area contributed by atoms with E-state index in [1.165, 1.54) is 5.69 Å². The molecule has 9 heteroatoms. The molecule has 0 spiro atoms. The molecule has 1 heterocycles. The molecule has 2 rings (SSSR count). The van der Waals surface area contributed by atoms with Crippen LogP contribution in [0, 0.1) is 6.92 Å². The Bertz CT molecular complexity index is 777. The molecule has 0 aliphatic rings. The Kier molecular flexibility index (Phi) is 11.1. The zero-order valence-corrected chi connectivity index (χ0v) is 21.3. The average molecular weight is 529 g/mol. The fourth-order valence-corrected chi connectivity index (χ4v) is 2.62. The summed E-state index contributed by atoms with van der Waals surface area (Å²) in [7, 11) is 5.78. The lowest BCUT2D eigenvalue weighted by atomic mass is 10.1. The molecule has 0 saturated carbocycles. The van der Waals surface area contributed by atoms with Crippen LogP contribution in [0.4, 0.5) is 5.69 Å². The lowest BCUT2D eigenvalue weighted by molar-refractivity contribution is 0.0268. The van der Waals surface area contributed by atoms with Crippen molar-refractivity contribution in [1.82, 2.24) is 25.4 Å². The Labute approximate surface area is 197 Å². The summed E-state index contributed by atoms with van der Waals surface area (Å²) in [6.45, 7) is 8.89. The van der Waals surface area contributed by atoms with Gasteiger partial charge in [0.25, 0.3) is 0 Å². The number of aryl methyl sites for hydroxylation is 1. The van der Waals surface area contributed by atoms with Crippen molar-refractivity contribution in [1.29, 1.82) is 0 Å². The molecular formula is C21H36IN7O. The van der Waals surface area contributed by atoms with Crippen molar-refractivity contribution in [2.24, 2.45) is 12.0 Å². The van der Waals surface area contributed by atoms with Gasteiger partial charge in [-0.15, -0.1) is 34.2 Å². The zero-order chi connectivity index (χ0) is 21.3. The second-order valence-electron chi connectivity index (χ2n) is 7.74. The zero-order valence-electron chi connectivity index (χ0n) is 19.0. The third-order valence-corrected chi connectivity index (χ3v) is 4.96. The van der Waals surface area contributed by atoms with Crippen LogP contribution in [0.5, 0.6) is 0 Å². The fourth-order valence-electron chi connectivity index (χ4n) is 2.62. The van der Waals surface area contributed by atoms with E-state index in [9.17, 15) is 0 Å². The highest BCUT2D eigenvalue weighted by Crippen LogP contribution is 2.10. The number of guanidine groups is 1. The van der Waals surface area contributed by atoms with Crippen molar-refractivity contribution in [2.75, 3.05) is 38.7 Å². The average Bonchev–Trinajstić information content (AvgIpc) is 3.05. The SMILES string of the molecule is COC(C)(C)CNC(=NCc1nnc(C)n1C)NCCCN(C)c1ccccc1.I. The third kappa shape index (κ3) is 8.47. The van der Waals surface area contributed by atoms with Gasteiger partial charge in [-0.05, 0) is 39.3 Å². The van der Waals surface area contributed by atoms with Gasteiger partial charge in [0.05, 0.1) is 5.60 Å². The third-order valence-electron chi connectivity index (χ3n) is 4.96. The number of benzene rings is 1. The molecule has 0 unspecified atom stereocenters. The minimum Gasteiger partial charge on any atom is -0.377 e. The highest BCUT2D eigenvalue weighted by Gasteiger charge is 2.16. The molecule has 8 nitrogen and oxygen atoms in total. The molecule has 0 amide bonds. The second kappa shape index (κ2) is 12.7. The highest BCUT2D eigenvalue weighted by molar-refractivity contribution is 14.0. The Balaban J connectivity index is 0.00000450. The molecule has 30 heavy (non-hydrogen) atoms. The molecule has 2 aromatic rings. The quantitative estimate of drug-likeness (QED) is 0.213. The number of hydrogen-bond acceptors (Lipinski definition) is 5. The molecule has 168 valence electrons. The molecule has 1 aromatic carbocycles. The number of para-hydroxylation sites is 1. The van der Waals surface area contributed by atoms with Crippen LogP contribution in [0.25, 0.3) is 0 Å². The Hall–Kier alpha value is -1.88. The summed E-state index contributed by atoms with van der Waals surface area (Å²) in [5, 5.41) is 15.1. The van der Waals surface area contributed by atoms with Crippen LogP contribution in [0.2, 0.25) is 0 Å². The van der Waals surface area contributed by atoms with Crippen LogP contribution in [-0.4, -0.2) is 60.1 Å². The van der Waals surface area contributed by atoms with Gasteiger partial charge >= 0.3 is 0 Å². The first kappa shape index (κ1) is 26.2. The van der Waals surface area contributed by atoms with Gasteiger partial charge in [-0.1, -0.05) is 18.2 Å². The number of methoxy groups -OCH3 is 1. The Morgan fingerprint density at radius 2 is 1.90 bits per heavy atom. The lowest BCUT2D eigenvalue weighted by Gasteiger charge is -2.25. The number of anilines is 1. The summed E-state index contributed by atoms with van der Waals surface area (Å²) in [6, 6.07) is 10.4. The number of aliphatic imine (C=N–C) groups is 1. The largest absolute Gasteiger partial charge is 0.377 e. The maximum Gasteiger partial charge on any atom is 0.191 e. The van der Waals surface area contributed by atoms with Gasteiger partial charge in [0.15, 0.2) is 11.8 Å². The van der Waals surface area contributed by atoms with Gasteiger partial charge in [-0.3, -0.25) is 0 Å². The molecule has 0 aliphatic heterocycles. The fraction of sp³-hybridized carbons (Fsp3) is 0.571. The number of nitrogens with zero attached hydrogens (tertiary/aromatic N) is 5. The predicted molar refractivity (Wildman–Crippen MR) is 134 cm³/mol. The van der Waals surface area contributed by atoms with E-state index in [4.69, 9.17) is 4.74 Å². The number of halogens is 1. The summed E-state index contributed by atoms with van der Waals surface area (Å²) >= 11 is 0.